The molecule has 0 saturated carbocycles. The minimum absolute atomic E-state index is 0.0494. The molecular formula is C41H45N5O6. The molecule has 11 nitrogen and oxygen atoms in total. The Morgan fingerprint density at radius 3 is 2.42 bits per heavy atom. The van der Waals surface area contributed by atoms with Crippen LogP contribution in [0.5, 0.6) is 5.75 Å². The molecule has 6 rings (SSSR count). The first-order valence-electron chi connectivity index (χ1n) is 17.8. The number of carbonyl (C=O) groups is 2. The summed E-state index contributed by atoms with van der Waals surface area (Å²) in [5.41, 5.74) is 5.06. The Morgan fingerprint density at radius 2 is 1.67 bits per heavy atom. The lowest BCUT2D eigenvalue weighted by atomic mass is 10.0. The van der Waals surface area contributed by atoms with Crippen LogP contribution in [0.25, 0.3) is 22.0 Å². The first kappa shape index (κ1) is 36.3. The first-order chi connectivity index (χ1) is 25.3. The summed E-state index contributed by atoms with van der Waals surface area (Å²) in [6, 6.07) is 31.5. The molecule has 1 saturated heterocycles. The van der Waals surface area contributed by atoms with Gasteiger partial charge in [0.1, 0.15) is 11.9 Å². The number of para-hydroxylation sites is 1. The van der Waals surface area contributed by atoms with Crippen LogP contribution in [0.15, 0.2) is 108 Å². The first-order valence-corrected chi connectivity index (χ1v) is 17.8. The van der Waals surface area contributed by atoms with Gasteiger partial charge < -0.3 is 35.1 Å². The number of nitrogens with zero attached hydrogens (tertiary/aromatic N) is 2. The van der Waals surface area contributed by atoms with Gasteiger partial charge in [-0.3, -0.25) is 14.9 Å². The zero-order chi connectivity index (χ0) is 36.5. The number of hydrogen-bond donors (Lipinski definition) is 5. The summed E-state index contributed by atoms with van der Waals surface area (Å²) in [4.78, 5) is 44.4. The van der Waals surface area contributed by atoms with Crippen molar-refractivity contribution >= 4 is 34.3 Å². The number of hydrogen-bond acceptors (Lipinski definition) is 8. The van der Waals surface area contributed by atoms with Gasteiger partial charge in [0.15, 0.2) is 0 Å². The predicted octanol–water partition coefficient (Wildman–Crippen LogP) is 6.18. The van der Waals surface area contributed by atoms with Gasteiger partial charge >= 0.3 is 6.09 Å². The van der Waals surface area contributed by atoms with E-state index in [4.69, 9.17) is 4.74 Å². The van der Waals surface area contributed by atoms with Gasteiger partial charge in [0.05, 0.1) is 17.3 Å². The number of fused-ring (bicyclic) bond motifs is 1. The van der Waals surface area contributed by atoms with E-state index in [0.717, 1.165) is 35.5 Å². The van der Waals surface area contributed by atoms with Crippen molar-refractivity contribution in [1.82, 2.24) is 15.2 Å². The number of ether oxygens (including phenoxy) is 1. The number of carbonyl (C=O) groups excluding carboxylic acids is 2. The lowest BCUT2D eigenvalue weighted by Gasteiger charge is -2.32. The maximum absolute atomic E-state index is 13.3. The van der Waals surface area contributed by atoms with E-state index in [2.05, 4.69) is 20.5 Å². The largest absolute Gasteiger partial charge is 0.506 e. The number of piperidine rings is 1. The van der Waals surface area contributed by atoms with E-state index >= 15 is 0 Å². The van der Waals surface area contributed by atoms with E-state index in [1.54, 1.807) is 17.0 Å². The molecule has 1 unspecified atom stereocenters. The SMILES string of the molecule is CCN(C(=O)CCN1CCC(OC(=O)Nc2ccccc2-c2ccccc2)CC1)c1ccc(CNCC(O)c2ccc(O)c3[nH]c(=O)ccc23)cc1. The van der Waals surface area contributed by atoms with Crippen molar-refractivity contribution in [2.75, 3.05) is 42.9 Å². The quantitative estimate of drug-likeness (QED) is 0.0978. The highest BCUT2D eigenvalue weighted by molar-refractivity contribution is 5.93. The highest BCUT2D eigenvalue weighted by atomic mass is 16.6. The van der Waals surface area contributed by atoms with Crippen molar-refractivity contribution < 1.29 is 24.5 Å². The summed E-state index contributed by atoms with van der Waals surface area (Å²) in [7, 11) is 0. The summed E-state index contributed by atoms with van der Waals surface area (Å²) < 4.78 is 5.77. The number of H-pyrrole nitrogens is 1. The van der Waals surface area contributed by atoms with Gasteiger partial charge in [0, 0.05) is 68.4 Å². The molecule has 5 aromatic rings. The molecule has 2 amide bonds. The number of likely N-dealkylation sites (tertiary alicyclic amines) is 1. The molecule has 52 heavy (non-hydrogen) atoms. The molecule has 0 aliphatic carbocycles. The summed E-state index contributed by atoms with van der Waals surface area (Å²) in [5.74, 6) is 0.000462. The standard InChI is InChI=1S/C41H45N5O6/c1-2-46(30-14-12-28(13-15-30)26-42-27-37(48)33-16-18-36(47)40-34(33)17-19-38(49)44-40)39(50)22-25-45-23-20-31(21-24-45)52-41(51)43-35-11-7-6-10-32(35)29-8-4-3-5-9-29/h3-19,31,37,42,47-48H,2,20-27H2,1H3,(H,43,51)(H,44,49). The van der Waals surface area contributed by atoms with E-state index in [9.17, 15) is 24.6 Å². The number of aromatic nitrogens is 1. The van der Waals surface area contributed by atoms with Crippen molar-refractivity contribution in [2.45, 2.75) is 44.9 Å². The van der Waals surface area contributed by atoms with Crippen LogP contribution in [0.2, 0.25) is 0 Å². The van der Waals surface area contributed by atoms with E-state index < -0.39 is 12.2 Å². The number of aromatic amines is 1. The number of anilines is 2. The predicted molar refractivity (Wildman–Crippen MR) is 203 cm³/mol. The second-order valence-electron chi connectivity index (χ2n) is 13.0. The molecule has 0 spiro atoms. The average molecular weight is 704 g/mol. The van der Waals surface area contributed by atoms with Crippen LogP contribution < -0.4 is 21.1 Å². The highest BCUT2D eigenvalue weighted by Crippen LogP contribution is 2.30. The Kier molecular flexibility index (Phi) is 12.0. The molecule has 1 aliphatic heterocycles. The summed E-state index contributed by atoms with van der Waals surface area (Å²) in [5, 5.41) is 27.7. The molecule has 1 aromatic heterocycles. The second kappa shape index (κ2) is 17.1. The number of phenols is 1. The van der Waals surface area contributed by atoms with Gasteiger partial charge in [-0.1, -0.05) is 66.7 Å². The van der Waals surface area contributed by atoms with Crippen LogP contribution in [-0.2, 0) is 16.1 Å². The summed E-state index contributed by atoms with van der Waals surface area (Å²) in [6.07, 6.45) is 0.303. The third-order valence-electron chi connectivity index (χ3n) is 9.50. The minimum Gasteiger partial charge on any atom is -0.506 e. The van der Waals surface area contributed by atoms with Crippen LogP contribution in [-0.4, -0.2) is 70.9 Å². The Labute approximate surface area is 302 Å². The number of aromatic hydroxyl groups is 1. The Morgan fingerprint density at radius 1 is 0.942 bits per heavy atom. The Hall–Kier alpha value is -5.49. The van der Waals surface area contributed by atoms with Crippen molar-refractivity contribution in [1.29, 1.82) is 0 Å². The molecule has 1 fully saturated rings. The third kappa shape index (κ3) is 9.05. The lowest BCUT2D eigenvalue weighted by molar-refractivity contribution is -0.119. The maximum Gasteiger partial charge on any atom is 0.411 e. The van der Waals surface area contributed by atoms with Crippen LogP contribution in [0.1, 0.15) is 43.4 Å². The normalized spacial score (nSPS) is 14.2. The fourth-order valence-corrected chi connectivity index (χ4v) is 6.70. The summed E-state index contributed by atoms with van der Waals surface area (Å²) >= 11 is 0. The zero-order valence-electron chi connectivity index (χ0n) is 29.3. The molecule has 11 heteroatoms. The Balaban J connectivity index is 0.925. The van der Waals surface area contributed by atoms with E-state index in [-0.39, 0.29) is 29.9 Å². The van der Waals surface area contributed by atoms with Gasteiger partial charge in [-0.05, 0) is 66.8 Å². The second-order valence-corrected chi connectivity index (χ2v) is 13.0. The zero-order valence-corrected chi connectivity index (χ0v) is 29.3. The number of nitrogens with one attached hydrogen (secondary N) is 3. The van der Waals surface area contributed by atoms with Gasteiger partial charge in [-0.25, -0.2) is 4.79 Å². The molecule has 270 valence electrons. The van der Waals surface area contributed by atoms with Crippen molar-refractivity contribution in [3.8, 4) is 16.9 Å². The maximum atomic E-state index is 13.3. The average Bonchev–Trinajstić information content (AvgIpc) is 3.16. The van der Waals surface area contributed by atoms with Crippen LogP contribution in [0.3, 0.4) is 0 Å². The van der Waals surface area contributed by atoms with Gasteiger partial charge in [-0.2, -0.15) is 0 Å². The number of benzene rings is 4. The van der Waals surface area contributed by atoms with Crippen molar-refractivity contribution in [2.24, 2.45) is 0 Å². The summed E-state index contributed by atoms with van der Waals surface area (Å²) in [6.45, 7) is 5.41. The molecule has 2 heterocycles. The monoisotopic (exact) mass is 703 g/mol. The van der Waals surface area contributed by atoms with Crippen LogP contribution >= 0.6 is 0 Å². The number of phenolic OH excluding ortho intramolecular Hbond substituents is 1. The molecule has 4 aromatic carbocycles. The van der Waals surface area contributed by atoms with Crippen molar-refractivity contribution in [3.05, 3.63) is 125 Å². The van der Waals surface area contributed by atoms with Gasteiger partial charge in [-0.15, -0.1) is 0 Å². The fourth-order valence-electron chi connectivity index (χ4n) is 6.70. The molecule has 0 radical (unpaired) electrons. The smallest absolute Gasteiger partial charge is 0.411 e. The number of pyridine rings is 1. The number of aliphatic hydroxyl groups excluding tert-OH is 1. The topological polar surface area (TPSA) is 147 Å². The molecule has 5 N–H and O–H groups in total. The van der Waals surface area contributed by atoms with E-state index in [1.165, 1.54) is 12.1 Å². The number of aliphatic hydroxyl groups is 1. The van der Waals surface area contributed by atoms with Gasteiger partial charge in [0.25, 0.3) is 0 Å². The van der Waals surface area contributed by atoms with Gasteiger partial charge in [0.2, 0.25) is 11.5 Å². The van der Waals surface area contributed by atoms with E-state index in [1.807, 2.05) is 85.8 Å². The number of amides is 2. The molecule has 0 bridgehead atoms. The Bertz CT molecular complexity index is 2030. The minimum atomic E-state index is -0.854. The lowest BCUT2D eigenvalue weighted by Crippen LogP contribution is -2.41. The third-order valence-corrected chi connectivity index (χ3v) is 9.50. The van der Waals surface area contributed by atoms with Crippen molar-refractivity contribution in [3.63, 3.8) is 0 Å². The van der Waals surface area contributed by atoms with Crippen LogP contribution in [0.4, 0.5) is 16.2 Å². The number of rotatable bonds is 13. The molecule has 1 atom stereocenters. The molecular weight excluding hydrogens is 658 g/mol. The fraction of sp³-hybridized carbons (Fsp3) is 0.293. The molecule has 1 aliphatic rings. The van der Waals surface area contributed by atoms with E-state index in [0.29, 0.717) is 61.1 Å². The highest BCUT2D eigenvalue weighted by Gasteiger charge is 2.24. The van der Waals surface area contributed by atoms with Crippen LogP contribution in [0, 0.1) is 0 Å².